The van der Waals surface area contributed by atoms with Crippen LogP contribution in [0.4, 0.5) is 4.39 Å². The fraction of sp³-hybridized carbons (Fsp3) is 0.0870. The Balaban J connectivity index is 1.74. The third-order valence-electron chi connectivity index (χ3n) is 4.58. The van der Waals surface area contributed by atoms with Crippen LogP contribution in [0.25, 0.3) is 22.2 Å². The van der Waals surface area contributed by atoms with E-state index in [1.54, 1.807) is 24.4 Å². The monoisotopic (exact) mass is 371 g/mol. The number of fused-ring (bicyclic) bond motifs is 1. The molecule has 28 heavy (non-hydrogen) atoms. The largest absolute Gasteiger partial charge is 0.344 e. The summed E-state index contributed by atoms with van der Waals surface area (Å²) in [4.78, 5) is 22.0. The predicted octanol–water partition coefficient (Wildman–Crippen LogP) is 4.93. The van der Waals surface area contributed by atoms with Crippen molar-refractivity contribution in [1.29, 1.82) is 0 Å². The van der Waals surface area contributed by atoms with Gasteiger partial charge in [-0.05, 0) is 55.5 Å². The van der Waals surface area contributed by atoms with Crippen molar-refractivity contribution in [2.45, 2.75) is 13.0 Å². The molecule has 1 unspecified atom stereocenters. The Morgan fingerprint density at radius 3 is 2.50 bits per heavy atom. The van der Waals surface area contributed by atoms with E-state index in [1.807, 2.05) is 49.4 Å². The van der Waals surface area contributed by atoms with Crippen LogP contribution in [0.2, 0.25) is 0 Å². The van der Waals surface area contributed by atoms with Gasteiger partial charge >= 0.3 is 0 Å². The molecule has 4 rings (SSSR count). The van der Waals surface area contributed by atoms with Gasteiger partial charge in [-0.2, -0.15) is 0 Å². The van der Waals surface area contributed by atoms with Crippen LogP contribution >= 0.6 is 0 Å². The number of halogens is 1. The lowest BCUT2D eigenvalue weighted by Crippen LogP contribution is -2.27. The Hall–Kier alpha value is -3.60. The third kappa shape index (κ3) is 3.60. The number of nitrogens with zero attached hydrogens (tertiary/aromatic N) is 2. The lowest BCUT2D eigenvalue weighted by atomic mass is 10.0. The fourth-order valence-corrected chi connectivity index (χ4v) is 3.11. The number of hydrogen-bond donors (Lipinski definition) is 1. The van der Waals surface area contributed by atoms with Gasteiger partial charge in [0.05, 0.1) is 28.5 Å². The molecular formula is C23H18FN3O. The van der Waals surface area contributed by atoms with E-state index in [2.05, 4.69) is 15.3 Å². The van der Waals surface area contributed by atoms with Gasteiger partial charge in [-0.25, -0.2) is 9.37 Å². The van der Waals surface area contributed by atoms with Crippen molar-refractivity contribution in [3.63, 3.8) is 0 Å². The maximum Gasteiger partial charge on any atom is 0.252 e. The van der Waals surface area contributed by atoms with E-state index in [-0.39, 0.29) is 17.8 Å². The molecule has 0 aliphatic rings. The molecule has 0 aliphatic carbocycles. The molecule has 0 radical (unpaired) electrons. The molecule has 0 bridgehead atoms. The van der Waals surface area contributed by atoms with Crippen molar-refractivity contribution in [3.05, 3.63) is 96.1 Å². The smallest absolute Gasteiger partial charge is 0.252 e. The zero-order chi connectivity index (χ0) is 19.5. The third-order valence-corrected chi connectivity index (χ3v) is 4.58. The highest BCUT2D eigenvalue weighted by Crippen LogP contribution is 2.25. The van der Waals surface area contributed by atoms with Crippen LogP contribution in [0.5, 0.6) is 0 Å². The van der Waals surface area contributed by atoms with Crippen molar-refractivity contribution in [1.82, 2.24) is 15.3 Å². The summed E-state index contributed by atoms with van der Waals surface area (Å²) in [6.07, 6.45) is 1.70. The van der Waals surface area contributed by atoms with Crippen LogP contribution in [-0.2, 0) is 0 Å². The number of carbonyl (C=O) groups excluding carboxylic acids is 1. The minimum Gasteiger partial charge on any atom is -0.344 e. The normalized spacial score (nSPS) is 11.9. The second kappa shape index (κ2) is 7.56. The van der Waals surface area contributed by atoms with Crippen molar-refractivity contribution >= 4 is 16.8 Å². The number of pyridine rings is 2. The number of carbonyl (C=O) groups is 1. The van der Waals surface area contributed by atoms with Crippen LogP contribution in [-0.4, -0.2) is 15.9 Å². The van der Waals surface area contributed by atoms with Gasteiger partial charge in [0.25, 0.3) is 5.91 Å². The fourth-order valence-electron chi connectivity index (χ4n) is 3.11. The maximum absolute atomic E-state index is 13.3. The van der Waals surface area contributed by atoms with E-state index in [9.17, 15) is 9.18 Å². The van der Waals surface area contributed by atoms with Gasteiger partial charge in [-0.1, -0.05) is 24.3 Å². The zero-order valence-corrected chi connectivity index (χ0v) is 15.3. The Kier molecular flexibility index (Phi) is 4.81. The van der Waals surface area contributed by atoms with Crippen molar-refractivity contribution < 1.29 is 9.18 Å². The highest BCUT2D eigenvalue weighted by Gasteiger charge is 2.17. The summed E-state index contributed by atoms with van der Waals surface area (Å²) in [5.41, 5.74) is 3.38. The summed E-state index contributed by atoms with van der Waals surface area (Å²) < 4.78 is 13.3. The molecule has 2 heterocycles. The van der Waals surface area contributed by atoms with Crippen LogP contribution < -0.4 is 5.32 Å². The summed E-state index contributed by atoms with van der Waals surface area (Å²) in [7, 11) is 0. The second-order valence-electron chi connectivity index (χ2n) is 6.53. The quantitative estimate of drug-likeness (QED) is 0.554. The summed E-state index contributed by atoms with van der Waals surface area (Å²) >= 11 is 0. The molecule has 2 aromatic carbocycles. The molecule has 4 nitrogen and oxygen atoms in total. The average Bonchev–Trinajstić information content (AvgIpc) is 2.74. The van der Waals surface area contributed by atoms with Crippen LogP contribution in [0.15, 0.2) is 79.0 Å². The summed E-state index contributed by atoms with van der Waals surface area (Å²) in [6.45, 7) is 1.89. The lowest BCUT2D eigenvalue weighted by Gasteiger charge is -2.15. The topological polar surface area (TPSA) is 54.9 Å². The van der Waals surface area contributed by atoms with Gasteiger partial charge in [0.2, 0.25) is 0 Å². The van der Waals surface area contributed by atoms with Gasteiger partial charge in [-0.15, -0.1) is 0 Å². The molecule has 0 saturated heterocycles. The van der Waals surface area contributed by atoms with Crippen LogP contribution in [0.1, 0.15) is 29.0 Å². The van der Waals surface area contributed by atoms with E-state index < -0.39 is 0 Å². The summed E-state index contributed by atoms with van der Waals surface area (Å²) in [6, 6.07) is 20.7. The predicted molar refractivity (Wildman–Crippen MR) is 107 cm³/mol. The van der Waals surface area contributed by atoms with Gasteiger partial charge < -0.3 is 5.32 Å². The highest BCUT2D eigenvalue weighted by atomic mass is 19.1. The standard InChI is InChI=1S/C23H18FN3O/c1-15(20-7-4-5-13-25-20)26-23(28)19-14-22(16-9-11-17(24)12-10-16)27-21-8-3-2-6-18(19)21/h2-15H,1H3,(H,26,28). The van der Waals surface area contributed by atoms with Gasteiger partial charge in [-0.3, -0.25) is 9.78 Å². The average molecular weight is 371 g/mol. The van der Waals surface area contributed by atoms with E-state index in [4.69, 9.17) is 0 Å². The maximum atomic E-state index is 13.3. The number of para-hydroxylation sites is 1. The van der Waals surface area contributed by atoms with Crippen molar-refractivity contribution in [2.75, 3.05) is 0 Å². The number of amides is 1. The molecule has 1 N–H and O–H groups in total. The molecule has 4 aromatic rings. The Labute approximate surface area is 162 Å². The number of hydrogen-bond acceptors (Lipinski definition) is 3. The van der Waals surface area contributed by atoms with Crippen LogP contribution in [0.3, 0.4) is 0 Å². The first kappa shape index (κ1) is 17.8. The molecule has 0 aliphatic heterocycles. The Morgan fingerprint density at radius 1 is 1.00 bits per heavy atom. The first-order valence-corrected chi connectivity index (χ1v) is 8.99. The first-order valence-electron chi connectivity index (χ1n) is 8.99. The van der Waals surface area contributed by atoms with E-state index >= 15 is 0 Å². The molecule has 1 amide bonds. The zero-order valence-electron chi connectivity index (χ0n) is 15.3. The lowest BCUT2D eigenvalue weighted by molar-refractivity contribution is 0.0940. The summed E-state index contributed by atoms with van der Waals surface area (Å²) in [5.74, 6) is -0.521. The van der Waals surface area contributed by atoms with E-state index in [0.29, 0.717) is 16.8 Å². The van der Waals surface area contributed by atoms with Crippen molar-refractivity contribution in [2.24, 2.45) is 0 Å². The van der Waals surface area contributed by atoms with Crippen molar-refractivity contribution in [3.8, 4) is 11.3 Å². The van der Waals surface area contributed by atoms with Gasteiger partial charge in [0.15, 0.2) is 0 Å². The number of benzene rings is 2. The molecular weight excluding hydrogens is 353 g/mol. The summed E-state index contributed by atoms with van der Waals surface area (Å²) in [5, 5.41) is 3.77. The minimum absolute atomic E-state index is 0.208. The molecule has 5 heteroatoms. The molecule has 0 saturated carbocycles. The SMILES string of the molecule is CC(NC(=O)c1cc(-c2ccc(F)cc2)nc2ccccc12)c1ccccn1. The molecule has 2 aromatic heterocycles. The number of nitrogens with one attached hydrogen (secondary N) is 1. The molecule has 0 spiro atoms. The first-order chi connectivity index (χ1) is 13.6. The minimum atomic E-state index is -0.313. The molecule has 138 valence electrons. The van der Waals surface area contributed by atoms with E-state index in [0.717, 1.165) is 16.6 Å². The molecule has 0 fully saturated rings. The molecule has 1 atom stereocenters. The Morgan fingerprint density at radius 2 is 1.75 bits per heavy atom. The highest BCUT2D eigenvalue weighted by molar-refractivity contribution is 6.07. The number of rotatable bonds is 4. The second-order valence-corrected chi connectivity index (χ2v) is 6.53. The van der Waals surface area contributed by atoms with E-state index in [1.165, 1.54) is 12.1 Å². The van der Waals surface area contributed by atoms with Crippen LogP contribution in [0, 0.1) is 5.82 Å². The Bertz CT molecular complexity index is 1130. The van der Waals surface area contributed by atoms with Gasteiger partial charge in [0.1, 0.15) is 5.82 Å². The number of aromatic nitrogens is 2. The van der Waals surface area contributed by atoms with Gasteiger partial charge in [0, 0.05) is 17.1 Å².